The number of carboxylic acids is 1. The summed E-state index contributed by atoms with van der Waals surface area (Å²) in [7, 11) is 1.62. The number of piperidine rings is 1. The maximum absolute atomic E-state index is 12.0. The van der Waals surface area contributed by atoms with Gasteiger partial charge in [-0.25, -0.2) is 4.79 Å². The molecule has 2 aromatic carbocycles. The van der Waals surface area contributed by atoms with Gasteiger partial charge in [0.2, 0.25) is 0 Å². The first kappa shape index (κ1) is 17.6. The number of hydrogen-bond acceptors (Lipinski definition) is 5. The van der Waals surface area contributed by atoms with Crippen LogP contribution in [-0.2, 0) is 9.53 Å². The number of fused-ring (bicyclic) bond motifs is 1. The number of benzene rings is 2. The molecule has 0 radical (unpaired) electrons. The minimum Gasteiger partial charge on any atom is -0.497 e. The van der Waals surface area contributed by atoms with Crippen LogP contribution in [0.1, 0.15) is 24.4 Å². The molecule has 2 aliphatic rings. The van der Waals surface area contributed by atoms with Crippen LogP contribution < -0.4 is 10.1 Å². The molecule has 0 aliphatic carbocycles. The third-order valence-electron chi connectivity index (χ3n) is 5.56. The van der Waals surface area contributed by atoms with Gasteiger partial charge in [0, 0.05) is 25.9 Å². The van der Waals surface area contributed by atoms with Crippen molar-refractivity contribution in [1.29, 1.82) is 0 Å². The van der Waals surface area contributed by atoms with Crippen molar-refractivity contribution < 1.29 is 24.2 Å². The first-order valence-electron chi connectivity index (χ1n) is 9.01. The van der Waals surface area contributed by atoms with Crippen LogP contribution in [0.5, 0.6) is 5.75 Å². The van der Waals surface area contributed by atoms with E-state index in [1.54, 1.807) is 7.11 Å². The Balaban J connectivity index is 1.57. The maximum Gasteiger partial charge on any atom is 0.407 e. The van der Waals surface area contributed by atoms with Crippen molar-refractivity contribution in [3.63, 3.8) is 0 Å². The molecule has 27 heavy (non-hydrogen) atoms. The Kier molecular flexibility index (Phi) is 4.39. The number of rotatable bonds is 4. The van der Waals surface area contributed by atoms with Gasteiger partial charge in [0.1, 0.15) is 17.4 Å². The molecule has 2 heterocycles. The Bertz CT molecular complexity index is 889. The number of nitrogens with zero attached hydrogens (tertiary/aromatic N) is 1. The van der Waals surface area contributed by atoms with E-state index in [2.05, 4.69) is 5.32 Å². The number of carbonyl (C=O) groups is 2. The van der Waals surface area contributed by atoms with Crippen LogP contribution >= 0.6 is 0 Å². The van der Waals surface area contributed by atoms with Gasteiger partial charge in [-0.2, -0.15) is 0 Å². The standard InChI is InChI=1S/C20H22N2O5/c1-26-16-5-4-13-10-15(3-2-14(13)11-16)17(18(23)24)22-8-6-20(7-9-22)12-21-19(25)27-20/h2-5,10-11,17H,6-9,12H2,1H3,(H,21,25)(H,23,24). The summed E-state index contributed by atoms with van der Waals surface area (Å²) < 4.78 is 10.7. The molecular formula is C20H22N2O5. The second kappa shape index (κ2) is 6.74. The Hall–Kier alpha value is -2.80. The van der Waals surface area contributed by atoms with Gasteiger partial charge < -0.3 is 19.9 Å². The normalized spacial score (nSPS) is 20.3. The van der Waals surface area contributed by atoms with Crippen molar-refractivity contribution in [2.45, 2.75) is 24.5 Å². The molecule has 2 saturated heterocycles. The molecule has 2 N–H and O–H groups in total. The van der Waals surface area contributed by atoms with Gasteiger partial charge in [0.05, 0.1) is 13.7 Å². The smallest absolute Gasteiger partial charge is 0.407 e. The Morgan fingerprint density at radius 3 is 2.56 bits per heavy atom. The van der Waals surface area contributed by atoms with Crippen molar-refractivity contribution >= 4 is 22.8 Å². The number of alkyl carbamates (subject to hydrolysis) is 1. The topological polar surface area (TPSA) is 88.1 Å². The molecule has 1 unspecified atom stereocenters. The largest absolute Gasteiger partial charge is 0.497 e. The molecule has 1 spiro atoms. The highest BCUT2D eigenvalue weighted by Gasteiger charge is 2.44. The number of hydrogen-bond donors (Lipinski definition) is 2. The summed E-state index contributed by atoms with van der Waals surface area (Å²) >= 11 is 0. The van der Waals surface area contributed by atoms with E-state index in [1.165, 1.54) is 0 Å². The van der Waals surface area contributed by atoms with Gasteiger partial charge in [-0.1, -0.05) is 18.2 Å². The summed E-state index contributed by atoms with van der Waals surface area (Å²) in [5.74, 6) is -0.105. The molecule has 2 aromatic rings. The highest BCUT2D eigenvalue weighted by molar-refractivity contribution is 5.86. The molecule has 0 bridgehead atoms. The number of likely N-dealkylation sites (tertiary alicyclic amines) is 1. The molecule has 2 fully saturated rings. The summed E-state index contributed by atoms with van der Waals surface area (Å²) in [6, 6.07) is 10.7. The Morgan fingerprint density at radius 1 is 1.22 bits per heavy atom. The van der Waals surface area contributed by atoms with Gasteiger partial charge in [-0.05, 0) is 34.5 Å². The van der Waals surface area contributed by atoms with Gasteiger partial charge in [-0.15, -0.1) is 0 Å². The third-order valence-corrected chi connectivity index (χ3v) is 5.56. The van der Waals surface area contributed by atoms with E-state index in [1.807, 2.05) is 41.3 Å². The van der Waals surface area contributed by atoms with Crippen LogP contribution in [0, 0.1) is 0 Å². The lowest BCUT2D eigenvalue weighted by atomic mass is 9.89. The molecular weight excluding hydrogens is 348 g/mol. The van der Waals surface area contributed by atoms with Gasteiger partial charge >= 0.3 is 12.1 Å². The lowest BCUT2D eigenvalue weighted by Crippen LogP contribution is -2.49. The van der Waals surface area contributed by atoms with E-state index in [0.717, 1.165) is 22.1 Å². The maximum atomic E-state index is 12.0. The van der Waals surface area contributed by atoms with Gasteiger partial charge in [0.25, 0.3) is 0 Å². The van der Waals surface area contributed by atoms with Gasteiger partial charge in [0.15, 0.2) is 0 Å². The first-order chi connectivity index (χ1) is 13.0. The Labute approximate surface area is 156 Å². The minimum atomic E-state index is -0.875. The lowest BCUT2D eigenvalue weighted by molar-refractivity contribution is -0.145. The second-order valence-electron chi connectivity index (χ2n) is 7.18. The molecule has 1 atom stereocenters. The van der Waals surface area contributed by atoms with Crippen LogP contribution in [0.3, 0.4) is 0 Å². The summed E-state index contributed by atoms with van der Waals surface area (Å²) in [4.78, 5) is 25.4. The van der Waals surface area contributed by atoms with Gasteiger partial charge in [-0.3, -0.25) is 9.69 Å². The minimum absolute atomic E-state index is 0.386. The Morgan fingerprint density at radius 2 is 1.93 bits per heavy atom. The van der Waals surface area contributed by atoms with Crippen LogP contribution in [0.15, 0.2) is 36.4 Å². The number of carboxylic acid groups (broad SMARTS) is 1. The van der Waals surface area contributed by atoms with E-state index in [0.29, 0.717) is 32.5 Å². The van der Waals surface area contributed by atoms with E-state index in [9.17, 15) is 14.7 Å². The average molecular weight is 370 g/mol. The molecule has 0 saturated carbocycles. The number of aliphatic carboxylic acids is 1. The molecule has 4 rings (SSSR count). The quantitative estimate of drug-likeness (QED) is 0.860. The highest BCUT2D eigenvalue weighted by atomic mass is 16.6. The lowest BCUT2D eigenvalue weighted by Gasteiger charge is -2.39. The van der Waals surface area contributed by atoms with Crippen molar-refractivity contribution in [2.24, 2.45) is 0 Å². The van der Waals surface area contributed by atoms with Crippen molar-refractivity contribution in [3.05, 3.63) is 42.0 Å². The SMILES string of the molecule is COc1ccc2cc(C(C(=O)O)N3CCC4(CC3)CNC(=O)O4)ccc2c1. The summed E-state index contributed by atoms with van der Waals surface area (Å²) in [6.07, 6.45) is 0.865. The monoisotopic (exact) mass is 370 g/mol. The van der Waals surface area contributed by atoms with Crippen LogP contribution in [0.4, 0.5) is 4.79 Å². The van der Waals surface area contributed by atoms with Crippen molar-refractivity contribution in [2.75, 3.05) is 26.7 Å². The summed E-state index contributed by atoms with van der Waals surface area (Å²) in [5.41, 5.74) is 0.258. The fourth-order valence-corrected chi connectivity index (χ4v) is 4.02. The van der Waals surface area contributed by atoms with Crippen molar-refractivity contribution in [1.82, 2.24) is 10.2 Å². The fourth-order valence-electron chi connectivity index (χ4n) is 4.02. The second-order valence-corrected chi connectivity index (χ2v) is 7.18. The molecule has 7 nitrogen and oxygen atoms in total. The highest BCUT2D eigenvalue weighted by Crippen LogP contribution is 2.34. The van der Waals surface area contributed by atoms with E-state index in [4.69, 9.17) is 9.47 Å². The molecule has 2 aliphatic heterocycles. The molecule has 1 amide bonds. The predicted molar refractivity (Wildman–Crippen MR) is 98.9 cm³/mol. The number of ether oxygens (including phenoxy) is 2. The van der Waals surface area contributed by atoms with E-state index in [-0.39, 0.29) is 6.09 Å². The zero-order chi connectivity index (χ0) is 19.0. The zero-order valence-electron chi connectivity index (χ0n) is 15.1. The first-order valence-corrected chi connectivity index (χ1v) is 9.01. The third kappa shape index (κ3) is 3.30. The summed E-state index contributed by atoms with van der Waals surface area (Å²) in [5, 5.41) is 14.6. The number of carbonyl (C=O) groups excluding carboxylic acids is 1. The fraction of sp³-hybridized carbons (Fsp3) is 0.400. The van der Waals surface area contributed by atoms with Crippen molar-refractivity contribution in [3.8, 4) is 5.75 Å². The molecule has 7 heteroatoms. The number of methoxy groups -OCH3 is 1. The van der Waals surface area contributed by atoms with Crippen LogP contribution in [-0.4, -0.2) is 54.4 Å². The summed E-state index contributed by atoms with van der Waals surface area (Å²) in [6.45, 7) is 1.62. The predicted octanol–water partition coefficient (Wildman–Crippen LogP) is 2.55. The average Bonchev–Trinajstić information content (AvgIpc) is 3.03. The number of amides is 1. The number of nitrogens with one attached hydrogen (secondary N) is 1. The molecule has 0 aromatic heterocycles. The molecule has 142 valence electrons. The zero-order valence-corrected chi connectivity index (χ0v) is 15.1. The van der Waals surface area contributed by atoms with Crippen LogP contribution in [0.25, 0.3) is 10.8 Å². The van der Waals surface area contributed by atoms with E-state index < -0.39 is 17.6 Å². The van der Waals surface area contributed by atoms with E-state index >= 15 is 0 Å². The van der Waals surface area contributed by atoms with Crippen LogP contribution in [0.2, 0.25) is 0 Å².